The first-order valence-electron chi connectivity index (χ1n) is 12.3. The van der Waals surface area contributed by atoms with Crippen LogP contribution >= 0.6 is 11.3 Å². The lowest BCUT2D eigenvalue weighted by Gasteiger charge is -2.37. The molecule has 1 saturated heterocycles. The summed E-state index contributed by atoms with van der Waals surface area (Å²) in [6.45, 7) is 1.47. The van der Waals surface area contributed by atoms with Gasteiger partial charge in [-0.05, 0) is 50.7 Å². The molecule has 1 N–H and O–H groups in total. The Morgan fingerprint density at radius 3 is 2.50 bits per heavy atom. The number of amides is 2. The summed E-state index contributed by atoms with van der Waals surface area (Å²) in [5.74, 6) is 0.827. The fourth-order valence-electron chi connectivity index (χ4n) is 5.57. The minimum atomic E-state index is -0.0334. The molecule has 2 heterocycles. The van der Waals surface area contributed by atoms with Gasteiger partial charge in [-0.15, -0.1) is 11.3 Å². The minimum Gasteiger partial charge on any atom is -0.353 e. The van der Waals surface area contributed by atoms with Gasteiger partial charge in [0.25, 0.3) is 0 Å². The molecule has 2 aromatic rings. The second kappa shape index (κ2) is 9.74. The Morgan fingerprint density at radius 2 is 1.72 bits per heavy atom. The topological polar surface area (TPSA) is 62.3 Å². The quantitative estimate of drug-likeness (QED) is 0.663. The van der Waals surface area contributed by atoms with E-state index in [2.05, 4.69) is 29.6 Å². The summed E-state index contributed by atoms with van der Waals surface area (Å²) >= 11 is 1.73. The van der Waals surface area contributed by atoms with Crippen LogP contribution < -0.4 is 5.32 Å². The third-order valence-corrected chi connectivity index (χ3v) is 8.67. The van der Waals surface area contributed by atoms with E-state index in [1.54, 1.807) is 11.3 Å². The van der Waals surface area contributed by atoms with Gasteiger partial charge in [0, 0.05) is 31.0 Å². The molecule has 32 heavy (non-hydrogen) atoms. The van der Waals surface area contributed by atoms with Gasteiger partial charge in [0.15, 0.2) is 0 Å². The number of hydrogen-bond acceptors (Lipinski definition) is 4. The molecule has 2 amide bonds. The van der Waals surface area contributed by atoms with Crippen LogP contribution in [0.15, 0.2) is 36.4 Å². The highest BCUT2D eigenvalue weighted by Crippen LogP contribution is 2.39. The van der Waals surface area contributed by atoms with Gasteiger partial charge in [0.2, 0.25) is 11.8 Å². The Labute approximate surface area is 194 Å². The van der Waals surface area contributed by atoms with Crippen LogP contribution in [-0.4, -0.2) is 40.8 Å². The number of aromatic nitrogens is 1. The molecular formula is C26H33N3O2S. The first-order chi connectivity index (χ1) is 15.7. The third-order valence-electron chi connectivity index (χ3n) is 7.51. The molecule has 0 spiro atoms. The zero-order valence-electron chi connectivity index (χ0n) is 18.7. The van der Waals surface area contributed by atoms with Crippen LogP contribution in [0.5, 0.6) is 0 Å². The van der Waals surface area contributed by atoms with Crippen LogP contribution in [0, 0.1) is 11.8 Å². The lowest BCUT2D eigenvalue weighted by molar-refractivity contribution is -0.137. The van der Waals surface area contributed by atoms with E-state index in [0.717, 1.165) is 62.1 Å². The Balaban J connectivity index is 1.20. The van der Waals surface area contributed by atoms with Crippen molar-refractivity contribution in [1.82, 2.24) is 15.2 Å². The van der Waals surface area contributed by atoms with Crippen LogP contribution in [0.4, 0.5) is 0 Å². The standard InChI is InChI=1S/C26H33N3O2S/c30-24(18-8-2-1-3-9-18)27-19-14-16-29(17-15-19)26(31)21-11-5-4-10-20(21)25-28-22-12-6-7-13-23(22)32-25/h4-7,12-13,18-21H,1-3,8-11,14-17H2,(H,27,30). The summed E-state index contributed by atoms with van der Waals surface area (Å²) in [6.07, 6.45) is 13.4. The number of fused-ring (bicyclic) bond motifs is 1. The second-order valence-electron chi connectivity index (χ2n) is 9.62. The molecule has 5 nitrogen and oxygen atoms in total. The first kappa shape index (κ1) is 21.6. The van der Waals surface area contributed by atoms with Crippen molar-refractivity contribution in [3.05, 3.63) is 41.4 Å². The van der Waals surface area contributed by atoms with E-state index in [9.17, 15) is 9.59 Å². The van der Waals surface area contributed by atoms with Gasteiger partial charge in [-0.1, -0.05) is 43.5 Å². The van der Waals surface area contributed by atoms with Gasteiger partial charge < -0.3 is 10.2 Å². The number of carbonyl (C=O) groups excluding carboxylic acids is 2. The predicted octanol–water partition coefficient (Wildman–Crippen LogP) is 5.03. The monoisotopic (exact) mass is 451 g/mol. The van der Waals surface area contributed by atoms with Gasteiger partial charge in [0.1, 0.15) is 0 Å². The van der Waals surface area contributed by atoms with Gasteiger partial charge in [-0.2, -0.15) is 0 Å². The van der Waals surface area contributed by atoms with Gasteiger partial charge in [-0.25, -0.2) is 4.98 Å². The van der Waals surface area contributed by atoms with Gasteiger partial charge >= 0.3 is 0 Å². The summed E-state index contributed by atoms with van der Waals surface area (Å²) in [5.41, 5.74) is 1.03. The number of benzene rings is 1. The van der Waals surface area contributed by atoms with E-state index in [1.165, 1.54) is 24.0 Å². The van der Waals surface area contributed by atoms with Crippen molar-refractivity contribution in [2.75, 3.05) is 13.1 Å². The van der Waals surface area contributed by atoms with E-state index in [0.29, 0.717) is 0 Å². The van der Waals surface area contributed by atoms with Gasteiger partial charge in [0.05, 0.1) is 21.1 Å². The smallest absolute Gasteiger partial charge is 0.226 e. The summed E-state index contributed by atoms with van der Waals surface area (Å²) in [5, 5.41) is 4.37. The summed E-state index contributed by atoms with van der Waals surface area (Å²) in [7, 11) is 0. The van der Waals surface area contributed by atoms with Crippen molar-refractivity contribution in [3.8, 4) is 0 Å². The van der Waals surface area contributed by atoms with Crippen molar-refractivity contribution in [2.24, 2.45) is 11.8 Å². The number of piperidine rings is 1. The van der Waals surface area contributed by atoms with Crippen molar-refractivity contribution in [1.29, 1.82) is 0 Å². The fourth-order valence-corrected chi connectivity index (χ4v) is 6.72. The molecule has 6 heteroatoms. The number of hydrogen-bond donors (Lipinski definition) is 1. The largest absolute Gasteiger partial charge is 0.353 e. The molecule has 2 atom stereocenters. The van der Waals surface area contributed by atoms with E-state index < -0.39 is 0 Å². The molecule has 2 fully saturated rings. The number of carbonyl (C=O) groups is 2. The van der Waals surface area contributed by atoms with Crippen LogP contribution in [0.25, 0.3) is 10.2 Å². The lowest BCUT2D eigenvalue weighted by atomic mass is 9.82. The molecule has 1 saturated carbocycles. The molecule has 2 aliphatic carbocycles. The molecular weight excluding hydrogens is 418 g/mol. The molecule has 3 aliphatic rings. The molecule has 1 aliphatic heterocycles. The average Bonchev–Trinajstić information content (AvgIpc) is 3.29. The maximum Gasteiger partial charge on any atom is 0.226 e. The zero-order valence-corrected chi connectivity index (χ0v) is 19.5. The number of nitrogens with zero attached hydrogens (tertiary/aromatic N) is 2. The maximum absolute atomic E-state index is 13.5. The molecule has 170 valence electrons. The number of para-hydroxylation sites is 1. The van der Waals surface area contributed by atoms with Crippen molar-refractivity contribution in [3.63, 3.8) is 0 Å². The van der Waals surface area contributed by atoms with Crippen molar-refractivity contribution < 1.29 is 9.59 Å². The molecule has 2 unspecified atom stereocenters. The number of allylic oxidation sites excluding steroid dienone is 2. The first-order valence-corrected chi connectivity index (χ1v) is 13.1. The molecule has 0 bridgehead atoms. The number of likely N-dealkylation sites (tertiary alicyclic amines) is 1. The lowest BCUT2D eigenvalue weighted by Crippen LogP contribution is -2.49. The van der Waals surface area contributed by atoms with Gasteiger partial charge in [-0.3, -0.25) is 9.59 Å². The van der Waals surface area contributed by atoms with Crippen LogP contribution in [0.3, 0.4) is 0 Å². The fraction of sp³-hybridized carbons (Fsp3) is 0.577. The van der Waals surface area contributed by atoms with Crippen LogP contribution in [0.2, 0.25) is 0 Å². The van der Waals surface area contributed by atoms with Crippen molar-refractivity contribution in [2.45, 2.75) is 69.7 Å². The SMILES string of the molecule is O=C(NC1CCN(C(=O)C2CC=CCC2c2nc3ccccc3s2)CC1)C1CCCCC1. The number of thiazole rings is 1. The van der Waals surface area contributed by atoms with E-state index in [4.69, 9.17) is 4.98 Å². The van der Waals surface area contributed by atoms with E-state index in [1.807, 2.05) is 17.0 Å². The molecule has 5 rings (SSSR count). The van der Waals surface area contributed by atoms with Crippen LogP contribution in [-0.2, 0) is 9.59 Å². The summed E-state index contributed by atoms with van der Waals surface area (Å²) < 4.78 is 1.19. The van der Waals surface area contributed by atoms with E-state index in [-0.39, 0.29) is 35.6 Å². The van der Waals surface area contributed by atoms with Crippen LogP contribution in [0.1, 0.15) is 68.7 Å². The Morgan fingerprint density at radius 1 is 0.969 bits per heavy atom. The normalized spacial score (nSPS) is 25.2. The highest BCUT2D eigenvalue weighted by atomic mass is 32.1. The van der Waals surface area contributed by atoms with Crippen molar-refractivity contribution >= 4 is 33.4 Å². The number of rotatable bonds is 4. The summed E-state index contributed by atoms with van der Waals surface area (Å²) in [4.78, 5) is 33.0. The molecule has 0 radical (unpaired) electrons. The Kier molecular flexibility index (Phi) is 6.58. The highest BCUT2D eigenvalue weighted by Gasteiger charge is 2.36. The third kappa shape index (κ3) is 4.61. The summed E-state index contributed by atoms with van der Waals surface area (Å²) in [6, 6.07) is 8.44. The maximum atomic E-state index is 13.5. The van der Waals surface area contributed by atoms with E-state index >= 15 is 0 Å². The highest BCUT2D eigenvalue weighted by molar-refractivity contribution is 7.18. The average molecular weight is 452 g/mol. The Hall–Kier alpha value is -2.21. The second-order valence-corrected chi connectivity index (χ2v) is 10.7. The minimum absolute atomic E-state index is 0.0334. The molecule has 1 aromatic carbocycles. The Bertz CT molecular complexity index is 953. The number of nitrogens with one attached hydrogen (secondary N) is 1. The zero-order chi connectivity index (χ0) is 21.9. The predicted molar refractivity (Wildman–Crippen MR) is 129 cm³/mol. The molecule has 1 aromatic heterocycles.